The summed E-state index contributed by atoms with van der Waals surface area (Å²) in [6, 6.07) is 0.315. The number of aryl methyl sites for hydroxylation is 1. The van der Waals surface area contributed by atoms with Gasteiger partial charge in [-0.25, -0.2) is 9.78 Å². The molecule has 106 valence electrons. The molecule has 2 rings (SSSR count). The average molecular weight is 281 g/mol. The molecule has 1 aromatic rings. The van der Waals surface area contributed by atoms with Gasteiger partial charge in [-0.2, -0.15) is 0 Å². The monoisotopic (exact) mass is 281 g/mol. The molecule has 2 unspecified atom stereocenters. The normalized spacial score (nSPS) is 22.4. The first-order valence-electron chi connectivity index (χ1n) is 7.16. The highest BCUT2D eigenvalue weighted by Gasteiger charge is 2.24. The van der Waals surface area contributed by atoms with Gasteiger partial charge in [-0.1, -0.05) is 20.3 Å². The molecule has 2 atom stereocenters. The minimum Gasteiger partial charge on any atom is -0.338 e. The average Bonchev–Trinajstić information content (AvgIpc) is 2.99. The number of rotatable bonds is 5. The molecule has 0 spiro atoms. The largest absolute Gasteiger partial charge is 0.338 e. The second kappa shape index (κ2) is 6.89. The van der Waals surface area contributed by atoms with E-state index in [1.54, 1.807) is 11.3 Å². The second-order valence-electron chi connectivity index (χ2n) is 5.25. The molecule has 19 heavy (non-hydrogen) atoms. The molecule has 0 radical (unpaired) electrons. The number of urea groups is 1. The van der Waals surface area contributed by atoms with Crippen LogP contribution in [0.2, 0.25) is 0 Å². The standard InChI is InChI=1S/C14H23N3OS/c1-3-13-16-11(9-19-13)7-8-15-14(18)17-12-6-4-5-10(12)2/h9-10,12H,3-8H2,1-2H3,(H2,15,17,18). The van der Waals surface area contributed by atoms with E-state index in [1.165, 1.54) is 17.8 Å². The van der Waals surface area contributed by atoms with Crippen LogP contribution in [0.25, 0.3) is 0 Å². The summed E-state index contributed by atoms with van der Waals surface area (Å²) in [5.41, 5.74) is 1.08. The SMILES string of the molecule is CCc1nc(CCNC(=O)NC2CCCC2C)cs1. The maximum atomic E-state index is 11.8. The van der Waals surface area contributed by atoms with E-state index in [0.29, 0.717) is 18.5 Å². The molecule has 0 bridgehead atoms. The fourth-order valence-corrected chi connectivity index (χ4v) is 3.29. The molecule has 0 aromatic carbocycles. The van der Waals surface area contributed by atoms with Crippen molar-refractivity contribution in [2.24, 2.45) is 5.92 Å². The minimum absolute atomic E-state index is 0.0373. The summed E-state index contributed by atoms with van der Waals surface area (Å²) >= 11 is 1.70. The highest BCUT2D eigenvalue weighted by Crippen LogP contribution is 2.24. The van der Waals surface area contributed by atoms with E-state index in [2.05, 4.69) is 34.8 Å². The van der Waals surface area contributed by atoms with Crippen molar-refractivity contribution in [3.63, 3.8) is 0 Å². The number of thiazole rings is 1. The molecule has 1 heterocycles. The van der Waals surface area contributed by atoms with Gasteiger partial charge in [0.1, 0.15) is 0 Å². The van der Waals surface area contributed by atoms with Crippen molar-refractivity contribution < 1.29 is 4.79 Å². The molecule has 1 saturated carbocycles. The predicted octanol–water partition coefficient (Wildman–Crippen LogP) is 2.74. The van der Waals surface area contributed by atoms with Crippen molar-refractivity contribution in [3.05, 3.63) is 16.1 Å². The zero-order chi connectivity index (χ0) is 13.7. The van der Waals surface area contributed by atoms with Gasteiger partial charge in [0.25, 0.3) is 0 Å². The minimum atomic E-state index is -0.0373. The highest BCUT2D eigenvalue weighted by atomic mass is 32.1. The van der Waals surface area contributed by atoms with Crippen molar-refractivity contribution >= 4 is 17.4 Å². The lowest BCUT2D eigenvalue weighted by atomic mass is 10.1. The Hall–Kier alpha value is -1.10. The van der Waals surface area contributed by atoms with Gasteiger partial charge >= 0.3 is 6.03 Å². The van der Waals surface area contributed by atoms with Gasteiger partial charge in [0.2, 0.25) is 0 Å². The van der Waals surface area contributed by atoms with Gasteiger partial charge in [0.05, 0.1) is 10.7 Å². The molecule has 0 saturated heterocycles. The smallest absolute Gasteiger partial charge is 0.315 e. The Kier molecular flexibility index (Phi) is 5.19. The summed E-state index contributed by atoms with van der Waals surface area (Å²) < 4.78 is 0. The van der Waals surface area contributed by atoms with Crippen molar-refractivity contribution in [2.45, 2.75) is 52.0 Å². The number of hydrogen-bond donors (Lipinski definition) is 2. The molecule has 0 aliphatic heterocycles. The Bertz CT molecular complexity index is 419. The van der Waals surface area contributed by atoms with Crippen molar-refractivity contribution in [1.82, 2.24) is 15.6 Å². The summed E-state index contributed by atoms with van der Waals surface area (Å²) in [7, 11) is 0. The van der Waals surface area contributed by atoms with Crippen LogP contribution in [0, 0.1) is 5.92 Å². The van der Waals surface area contributed by atoms with E-state index in [0.717, 1.165) is 25.0 Å². The first-order valence-corrected chi connectivity index (χ1v) is 8.04. The third kappa shape index (κ3) is 4.20. The van der Waals surface area contributed by atoms with Crippen LogP contribution in [0.15, 0.2) is 5.38 Å². The third-order valence-electron chi connectivity index (χ3n) is 3.75. The Morgan fingerprint density at radius 1 is 1.53 bits per heavy atom. The fraction of sp³-hybridized carbons (Fsp3) is 0.714. The zero-order valence-electron chi connectivity index (χ0n) is 11.7. The van der Waals surface area contributed by atoms with Crippen LogP contribution in [0.3, 0.4) is 0 Å². The zero-order valence-corrected chi connectivity index (χ0v) is 12.6. The van der Waals surface area contributed by atoms with Gasteiger partial charge in [-0.3, -0.25) is 0 Å². The molecule has 2 amide bonds. The van der Waals surface area contributed by atoms with Crippen molar-refractivity contribution in [3.8, 4) is 0 Å². The Morgan fingerprint density at radius 3 is 3.00 bits per heavy atom. The Morgan fingerprint density at radius 2 is 2.37 bits per heavy atom. The molecule has 5 heteroatoms. The van der Waals surface area contributed by atoms with Crippen LogP contribution in [0.1, 0.15) is 43.8 Å². The maximum Gasteiger partial charge on any atom is 0.315 e. The molecular formula is C14H23N3OS. The molecule has 1 aromatic heterocycles. The number of nitrogens with one attached hydrogen (secondary N) is 2. The quantitative estimate of drug-likeness (QED) is 0.872. The summed E-state index contributed by atoms with van der Waals surface area (Å²) in [6.45, 7) is 4.97. The summed E-state index contributed by atoms with van der Waals surface area (Å²) in [4.78, 5) is 16.2. The third-order valence-corrected chi connectivity index (χ3v) is 4.79. The van der Waals surface area contributed by atoms with Crippen LogP contribution in [0.4, 0.5) is 4.79 Å². The second-order valence-corrected chi connectivity index (χ2v) is 6.19. The van der Waals surface area contributed by atoms with Gasteiger partial charge in [0.15, 0.2) is 0 Å². The molecule has 2 N–H and O–H groups in total. The molecule has 4 nitrogen and oxygen atoms in total. The van der Waals surface area contributed by atoms with E-state index >= 15 is 0 Å². The molecular weight excluding hydrogens is 258 g/mol. The van der Waals surface area contributed by atoms with Crippen molar-refractivity contribution in [1.29, 1.82) is 0 Å². The summed E-state index contributed by atoms with van der Waals surface area (Å²) in [5, 5.41) is 9.23. The first-order chi connectivity index (χ1) is 9.19. The lowest BCUT2D eigenvalue weighted by Crippen LogP contribution is -2.43. The topological polar surface area (TPSA) is 54.0 Å². The Balaban J connectivity index is 1.66. The molecule has 1 aliphatic carbocycles. The lowest BCUT2D eigenvalue weighted by molar-refractivity contribution is 0.234. The van der Waals surface area contributed by atoms with E-state index in [-0.39, 0.29) is 6.03 Å². The van der Waals surface area contributed by atoms with Crippen LogP contribution >= 0.6 is 11.3 Å². The van der Waals surface area contributed by atoms with Crippen LogP contribution in [0.5, 0.6) is 0 Å². The van der Waals surface area contributed by atoms with Crippen LogP contribution in [-0.4, -0.2) is 23.6 Å². The number of nitrogens with zero attached hydrogens (tertiary/aromatic N) is 1. The van der Waals surface area contributed by atoms with Crippen molar-refractivity contribution in [2.75, 3.05) is 6.54 Å². The predicted molar refractivity (Wildman–Crippen MR) is 78.5 cm³/mol. The van der Waals surface area contributed by atoms with Gasteiger partial charge in [-0.15, -0.1) is 11.3 Å². The fourth-order valence-electron chi connectivity index (χ4n) is 2.51. The summed E-state index contributed by atoms with van der Waals surface area (Å²) in [6.07, 6.45) is 5.36. The van der Waals surface area contributed by atoms with E-state index in [9.17, 15) is 4.79 Å². The molecule has 1 fully saturated rings. The highest BCUT2D eigenvalue weighted by molar-refractivity contribution is 7.09. The van der Waals surface area contributed by atoms with Gasteiger partial charge in [-0.05, 0) is 25.2 Å². The van der Waals surface area contributed by atoms with Gasteiger partial charge < -0.3 is 10.6 Å². The number of aromatic nitrogens is 1. The van der Waals surface area contributed by atoms with E-state index in [4.69, 9.17) is 0 Å². The first kappa shape index (κ1) is 14.3. The summed E-state index contributed by atoms with van der Waals surface area (Å²) in [5.74, 6) is 0.608. The number of carbonyl (C=O) groups is 1. The van der Waals surface area contributed by atoms with E-state index < -0.39 is 0 Å². The maximum absolute atomic E-state index is 11.8. The number of hydrogen-bond acceptors (Lipinski definition) is 3. The molecule has 1 aliphatic rings. The number of carbonyl (C=O) groups excluding carboxylic acids is 1. The van der Waals surface area contributed by atoms with Gasteiger partial charge in [0, 0.05) is 24.4 Å². The van der Waals surface area contributed by atoms with Crippen LogP contribution in [-0.2, 0) is 12.8 Å². The van der Waals surface area contributed by atoms with E-state index in [1.807, 2.05) is 0 Å². The Labute approximate surface area is 119 Å². The lowest BCUT2D eigenvalue weighted by Gasteiger charge is -2.17. The van der Waals surface area contributed by atoms with Crippen LogP contribution < -0.4 is 10.6 Å². The number of amides is 2.